The van der Waals surface area contributed by atoms with Gasteiger partial charge in [0.25, 0.3) is 0 Å². The Kier molecular flexibility index (Phi) is 35.1. The summed E-state index contributed by atoms with van der Waals surface area (Å²) < 4.78 is 25.0. The molecule has 0 aromatic heterocycles. The third-order valence-electron chi connectivity index (χ3n) is 8.34. The van der Waals surface area contributed by atoms with Crippen LogP contribution in [-0.2, 0) is 13.6 Å². The van der Waals surface area contributed by atoms with Crippen molar-refractivity contribution in [3.05, 3.63) is 24.3 Å². The fourth-order valence-corrected chi connectivity index (χ4v) is 7.32. The first-order valence-corrected chi connectivity index (χ1v) is 21.1. The van der Waals surface area contributed by atoms with Gasteiger partial charge in [0.2, 0.25) is 0 Å². The number of allylic oxidation sites excluding steroid dienone is 4. The quantitative estimate of drug-likeness (QED) is 0.0388. The van der Waals surface area contributed by atoms with Crippen LogP contribution < -0.4 is 0 Å². The molecule has 0 aromatic carbocycles. The van der Waals surface area contributed by atoms with E-state index < -0.39 is 7.60 Å². The zero-order chi connectivity index (χ0) is 32.2. The maximum Gasteiger partial charge on any atom is 0.344 e. The smallest absolute Gasteiger partial charge is 0.308 e. The molecule has 0 aromatic rings. The van der Waals surface area contributed by atoms with Crippen molar-refractivity contribution in [2.75, 3.05) is 33.6 Å². The summed E-state index contributed by atoms with van der Waals surface area (Å²) in [6.45, 7) is 5.64. The van der Waals surface area contributed by atoms with Gasteiger partial charge in [-0.25, -0.2) is 0 Å². The van der Waals surface area contributed by atoms with Gasteiger partial charge in [-0.2, -0.15) is 0 Å². The fraction of sp³-hybridized carbons (Fsp3) is 0.897. The van der Waals surface area contributed by atoms with Gasteiger partial charge in [0.15, 0.2) is 0 Å². The van der Waals surface area contributed by atoms with Crippen molar-refractivity contribution in [1.29, 1.82) is 0 Å². The van der Waals surface area contributed by atoms with E-state index in [0.29, 0.717) is 19.5 Å². The Labute approximate surface area is 277 Å². The first-order valence-electron chi connectivity index (χ1n) is 19.4. The Bertz CT molecular complexity index is 616. The molecule has 0 rings (SSSR count). The number of unbranched alkanes of at least 4 members (excludes halogenated alkanes) is 24. The maximum absolute atomic E-state index is 13.2. The summed E-state index contributed by atoms with van der Waals surface area (Å²) in [5.41, 5.74) is 0. The summed E-state index contributed by atoms with van der Waals surface area (Å²) in [6.07, 6.45) is 45.9. The zero-order valence-corrected chi connectivity index (χ0v) is 31.2. The van der Waals surface area contributed by atoms with Crippen LogP contribution in [0.25, 0.3) is 0 Å². The number of nitrogens with zero attached hydrogens (tertiary/aromatic N) is 1. The monoisotopic (exact) mass is 640 g/mol. The number of rotatable bonds is 36. The zero-order valence-electron chi connectivity index (χ0n) is 30.3. The molecule has 0 atom stereocenters. The normalized spacial score (nSPS) is 12.5. The van der Waals surface area contributed by atoms with Crippen LogP contribution in [0.2, 0.25) is 0 Å². The van der Waals surface area contributed by atoms with Gasteiger partial charge in [0, 0.05) is 0 Å². The van der Waals surface area contributed by atoms with Crippen LogP contribution in [0, 0.1) is 0 Å². The number of hydrogen-bond donors (Lipinski definition) is 0. The summed E-state index contributed by atoms with van der Waals surface area (Å²) in [7, 11) is 0.831. The molecule has 0 fully saturated rings. The van der Waals surface area contributed by atoms with Crippen molar-refractivity contribution in [2.45, 2.75) is 194 Å². The Balaban J connectivity index is 3.67. The molecule has 0 heterocycles. The topological polar surface area (TPSA) is 38.8 Å². The molecule has 0 radical (unpaired) electrons. The second kappa shape index (κ2) is 35.4. The van der Waals surface area contributed by atoms with Gasteiger partial charge in [-0.05, 0) is 78.3 Å². The van der Waals surface area contributed by atoms with E-state index in [2.05, 4.69) is 38.2 Å². The Morgan fingerprint density at radius 1 is 0.432 bits per heavy atom. The first-order chi connectivity index (χ1) is 21.5. The van der Waals surface area contributed by atoms with E-state index in [1.165, 1.54) is 154 Å². The minimum Gasteiger partial charge on any atom is -0.308 e. The molecule has 0 spiro atoms. The van der Waals surface area contributed by atoms with Gasteiger partial charge < -0.3 is 9.05 Å². The highest BCUT2D eigenvalue weighted by Crippen LogP contribution is 2.48. The molecule has 0 saturated heterocycles. The van der Waals surface area contributed by atoms with E-state index >= 15 is 0 Å². The third kappa shape index (κ3) is 34.5. The van der Waals surface area contributed by atoms with Crippen LogP contribution in [0.1, 0.15) is 194 Å². The molecule has 0 aliphatic heterocycles. The number of hydrogen-bond acceptors (Lipinski definition) is 4. The fourth-order valence-electron chi connectivity index (χ4n) is 5.57. The second-order valence-corrected chi connectivity index (χ2v) is 15.4. The predicted octanol–water partition coefficient (Wildman–Crippen LogP) is 13.8. The molecule has 0 aliphatic rings. The molecule has 0 aliphatic carbocycles. The largest absolute Gasteiger partial charge is 0.344 e. The lowest BCUT2D eigenvalue weighted by atomic mass is 10.1. The summed E-state index contributed by atoms with van der Waals surface area (Å²) in [4.78, 5) is 1.92. The molecule has 0 saturated carbocycles. The van der Waals surface area contributed by atoms with Gasteiger partial charge in [-0.15, -0.1) is 0 Å². The van der Waals surface area contributed by atoms with Crippen molar-refractivity contribution < 1.29 is 13.6 Å². The molecule has 0 amide bonds. The van der Waals surface area contributed by atoms with Crippen LogP contribution in [0.3, 0.4) is 0 Å². The lowest BCUT2D eigenvalue weighted by Crippen LogP contribution is -2.16. The average Bonchev–Trinajstić information content (AvgIpc) is 3.00. The molecular weight excluding hydrogens is 561 g/mol. The highest BCUT2D eigenvalue weighted by molar-refractivity contribution is 7.53. The van der Waals surface area contributed by atoms with Crippen molar-refractivity contribution >= 4 is 7.60 Å². The van der Waals surface area contributed by atoms with Gasteiger partial charge >= 0.3 is 7.60 Å². The van der Waals surface area contributed by atoms with Crippen LogP contribution in [0.15, 0.2) is 24.3 Å². The summed E-state index contributed by atoms with van der Waals surface area (Å²) in [5, 5.41) is 0. The predicted molar refractivity (Wildman–Crippen MR) is 197 cm³/mol. The Morgan fingerprint density at radius 2 is 0.705 bits per heavy atom. The molecular formula is C39H78NO3P. The lowest BCUT2D eigenvalue weighted by Gasteiger charge is -2.21. The Morgan fingerprint density at radius 3 is 1.00 bits per heavy atom. The van der Waals surface area contributed by atoms with E-state index in [-0.39, 0.29) is 0 Å². The van der Waals surface area contributed by atoms with E-state index in [9.17, 15) is 4.57 Å². The standard InChI is InChI=1S/C39H78NO3P/c1-5-7-9-11-13-15-17-19-21-23-25-27-29-31-33-35-37-42-44(41,39-40(3)4)43-38-36-34-32-30-28-26-24-22-20-18-16-14-12-10-8-6-2/h19-22H,5-18,23-39H2,1-4H3/b21-19-,22-20-. The van der Waals surface area contributed by atoms with Crippen molar-refractivity contribution in [2.24, 2.45) is 0 Å². The van der Waals surface area contributed by atoms with E-state index in [1.807, 2.05) is 19.0 Å². The van der Waals surface area contributed by atoms with Gasteiger partial charge in [0.05, 0.1) is 13.2 Å². The lowest BCUT2D eigenvalue weighted by molar-refractivity contribution is 0.187. The second-order valence-electron chi connectivity index (χ2n) is 13.4. The summed E-state index contributed by atoms with van der Waals surface area (Å²) >= 11 is 0. The van der Waals surface area contributed by atoms with Crippen LogP contribution in [0.4, 0.5) is 0 Å². The van der Waals surface area contributed by atoms with Crippen molar-refractivity contribution in [1.82, 2.24) is 4.90 Å². The molecule has 4 nitrogen and oxygen atoms in total. The molecule has 262 valence electrons. The van der Waals surface area contributed by atoms with E-state index in [1.54, 1.807) is 0 Å². The van der Waals surface area contributed by atoms with Gasteiger partial charge in [0.1, 0.15) is 6.29 Å². The van der Waals surface area contributed by atoms with Gasteiger partial charge in [-0.1, -0.05) is 154 Å². The summed E-state index contributed by atoms with van der Waals surface area (Å²) in [6, 6.07) is 0. The average molecular weight is 640 g/mol. The summed E-state index contributed by atoms with van der Waals surface area (Å²) in [5.74, 6) is 0. The minimum absolute atomic E-state index is 0.367. The van der Waals surface area contributed by atoms with Crippen LogP contribution in [-0.4, -0.2) is 38.5 Å². The Hall–Kier alpha value is -0.410. The minimum atomic E-state index is -3.04. The molecule has 0 N–H and O–H groups in total. The van der Waals surface area contributed by atoms with Crippen LogP contribution >= 0.6 is 7.60 Å². The molecule has 0 unspecified atom stereocenters. The highest BCUT2D eigenvalue weighted by Gasteiger charge is 2.25. The van der Waals surface area contributed by atoms with Gasteiger partial charge in [-0.3, -0.25) is 9.46 Å². The highest BCUT2D eigenvalue weighted by atomic mass is 31.2. The van der Waals surface area contributed by atoms with E-state index in [4.69, 9.17) is 9.05 Å². The van der Waals surface area contributed by atoms with Crippen LogP contribution in [0.5, 0.6) is 0 Å². The molecule has 44 heavy (non-hydrogen) atoms. The van der Waals surface area contributed by atoms with Crippen molar-refractivity contribution in [3.63, 3.8) is 0 Å². The third-order valence-corrected chi connectivity index (χ3v) is 10.4. The SMILES string of the molecule is CCCCCCCC/C=C\CCCCCCCCOP(=O)(CN(C)C)OCCCCCCCC/C=C\CCCCCCCC. The molecule has 5 heteroatoms. The van der Waals surface area contributed by atoms with Crippen molar-refractivity contribution in [3.8, 4) is 0 Å². The maximum atomic E-state index is 13.2. The van der Waals surface area contributed by atoms with E-state index in [0.717, 1.165) is 25.7 Å². The molecule has 0 bridgehead atoms. The first kappa shape index (κ1) is 43.6.